The lowest BCUT2D eigenvalue weighted by atomic mass is 9.81. The normalized spacial score (nSPS) is 28.3. The van der Waals surface area contributed by atoms with E-state index in [-0.39, 0.29) is 0 Å². The fourth-order valence-corrected chi connectivity index (χ4v) is 4.64. The highest BCUT2D eigenvalue weighted by atomic mass is 16.5. The van der Waals surface area contributed by atoms with E-state index in [2.05, 4.69) is 60.0 Å². The van der Waals surface area contributed by atoms with Gasteiger partial charge in [0.2, 0.25) is 11.7 Å². The Morgan fingerprint density at radius 1 is 1.00 bits per heavy atom. The van der Waals surface area contributed by atoms with Crippen molar-refractivity contribution in [2.24, 2.45) is 0 Å². The Hall–Kier alpha value is -2.09. The molecule has 22 heavy (non-hydrogen) atoms. The van der Waals surface area contributed by atoms with Crippen LogP contribution in [0.5, 0.6) is 0 Å². The molecule has 3 aliphatic rings. The lowest BCUT2D eigenvalue weighted by molar-refractivity contribution is -0.472. The number of hydrogen-bond acceptors (Lipinski definition) is 1. The molecule has 0 amide bonds. The maximum Gasteiger partial charge on any atom is 0.376 e. The highest BCUT2D eigenvalue weighted by molar-refractivity contribution is 5.92. The molecule has 2 heterocycles. The van der Waals surface area contributed by atoms with E-state index in [1.807, 2.05) is 0 Å². The van der Waals surface area contributed by atoms with Gasteiger partial charge in [0, 0.05) is 11.1 Å². The fourth-order valence-electron chi connectivity index (χ4n) is 4.64. The van der Waals surface area contributed by atoms with Crippen molar-refractivity contribution >= 4 is 11.6 Å². The van der Waals surface area contributed by atoms with Crippen LogP contribution in [0.4, 0.5) is 5.69 Å². The average molecular weight is 290 g/mol. The third-order valence-corrected chi connectivity index (χ3v) is 5.51. The van der Waals surface area contributed by atoms with Crippen molar-refractivity contribution in [1.29, 1.82) is 0 Å². The molecular weight excluding hydrogens is 270 g/mol. The maximum absolute atomic E-state index is 6.44. The predicted octanol–water partition coefficient (Wildman–Crippen LogP) is 4.13. The van der Waals surface area contributed by atoms with E-state index in [1.165, 1.54) is 41.6 Å². The molecule has 1 aliphatic carbocycles. The van der Waals surface area contributed by atoms with Gasteiger partial charge in [0.1, 0.15) is 0 Å². The van der Waals surface area contributed by atoms with E-state index < -0.39 is 0 Å². The van der Waals surface area contributed by atoms with Crippen LogP contribution in [-0.2, 0) is 4.74 Å². The first-order chi connectivity index (χ1) is 10.8. The van der Waals surface area contributed by atoms with Gasteiger partial charge in [-0.15, -0.1) is 0 Å². The van der Waals surface area contributed by atoms with E-state index in [0.717, 1.165) is 5.90 Å². The predicted molar refractivity (Wildman–Crippen MR) is 86.9 cm³/mol. The Bertz CT molecular complexity index is 778. The zero-order chi connectivity index (χ0) is 14.7. The fraction of sp³-hybridized carbons (Fsp3) is 0.350. The van der Waals surface area contributed by atoms with E-state index in [1.54, 1.807) is 0 Å². The Labute approximate surface area is 131 Å². The van der Waals surface area contributed by atoms with Crippen molar-refractivity contribution < 1.29 is 9.31 Å². The second kappa shape index (κ2) is 4.45. The van der Waals surface area contributed by atoms with Crippen LogP contribution in [0.25, 0.3) is 0 Å². The van der Waals surface area contributed by atoms with E-state index in [4.69, 9.17) is 4.74 Å². The van der Waals surface area contributed by atoms with Gasteiger partial charge in [-0.1, -0.05) is 36.4 Å². The van der Waals surface area contributed by atoms with Crippen LogP contribution in [0.1, 0.15) is 41.9 Å². The number of hydrogen-bond donors (Lipinski definition) is 0. The summed E-state index contributed by atoms with van der Waals surface area (Å²) in [7, 11) is 0. The van der Waals surface area contributed by atoms with Gasteiger partial charge in [-0.3, -0.25) is 0 Å². The Morgan fingerprint density at radius 3 is 2.73 bits per heavy atom. The summed E-state index contributed by atoms with van der Waals surface area (Å²) in [4.78, 5) is 0. The molecule has 0 aromatic heterocycles. The average Bonchev–Trinajstić information content (AvgIpc) is 3.10. The first kappa shape index (κ1) is 12.5. The number of nitrogens with zero attached hydrogens (tertiary/aromatic N) is 1. The molecule has 1 saturated carbocycles. The summed E-state index contributed by atoms with van der Waals surface area (Å²) in [5.74, 6) is 1.70. The van der Waals surface area contributed by atoms with Gasteiger partial charge < -0.3 is 4.74 Å². The number of fused-ring (bicyclic) bond motifs is 3. The van der Waals surface area contributed by atoms with Gasteiger partial charge in [-0.2, -0.15) is 4.58 Å². The zero-order valence-electron chi connectivity index (χ0n) is 12.8. The smallest absolute Gasteiger partial charge is 0.376 e. The molecule has 3 unspecified atom stereocenters. The molecule has 2 aromatic carbocycles. The second-order valence-electron chi connectivity index (χ2n) is 6.74. The molecular formula is C20H20NO+. The maximum atomic E-state index is 6.44. The number of aryl methyl sites for hydroxylation is 1. The van der Waals surface area contributed by atoms with E-state index >= 15 is 0 Å². The molecule has 0 N–H and O–H groups in total. The number of rotatable bonds is 1. The van der Waals surface area contributed by atoms with Gasteiger partial charge in [0.15, 0.2) is 6.10 Å². The van der Waals surface area contributed by atoms with Crippen LogP contribution < -0.4 is 0 Å². The summed E-state index contributed by atoms with van der Waals surface area (Å²) in [6.07, 6.45) is 4.09. The van der Waals surface area contributed by atoms with Crippen molar-refractivity contribution in [3.8, 4) is 0 Å². The molecule has 2 aromatic rings. The molecule has 2 nitrogen and oxygen atoms in total. The zero-order valence-corrected chi connectivity index (χ0v) is 12.8. The summed E-state index contributed by atoms with van der Waals surface area (Å²) in [5, 5.41) is 0. The Balaban J connectivity index is 1.79. The summed E-state index contributed by atoms with van der Waals surface area (Å²) >= 11 is 0. The van der Waals surface area contributed by atoms with Crippen LogP contribution >= 0.6 is 0 Å². The van der Waals surface area contributed by atoms with Crippen molar-refractivity contribution in [3.63, 3.8) is 0 Å². The van der Waals surface area contributed by atoms with Gasteiger partial charge in [0.05, 0.1) is 11.5 Å². The van der Waals surface area contributed by atoms with Crippen LogP contribution in [0.2, 0.25) is 0 Å². The van der Waals surface area contributed by atoms with Crippen molar-refractivity contribution in [2.75, 3.05) is 0 Å². The van der Waals surface area contributed by atoms with Crippen LogP contribution in [-0.4, -0.2) is 22.6 Å². The standard InChI is InChI=1S/C20H20NO/c1-13-7-5-10-15-16-11-6-12-17-19(16)21(18(13)15)20(22-17)14-8-3-2-4-9-14/h2-5,7-10,16-17,19H,6,11-12H2,1H3/q+1. The Kier molecular flexibility index (Phi) is 2.52. The van der Waals surface area contributed by atoms with Crippen molar-refractivity contribution in [2.45, 2.75) is 44.2 Å². The van der Waals surface area contributed by atoms with Gasteiger partial charge in [-0.25, -0.2) is 0 Å². The molecule has 0 bridgehead atoms. The molecule has 0 saturated heterocycles. The van der Waals surface area contributed by atoms with Gasteiger partial charge >= 0.3 is 5.90 Å². The minimum absolute atomic E-state index is 0.348. The number of benzene rings is 2. The van der Waals surface area contributed by atoms with Crippen LogP contribution in [0.3, 0.4) is 0 Å². The molecule has 3 atom stereocenters. The summed E-state index contributed by atoms with van der Waals surface area (Å²) < 4.78 is 8.95. The monoisotopic (exact) mass is 290 g/mol. The van der Waals surface area contributed by atoms with E-state index in [9.17, 15) is 0 Å². The second-order valence-corrected chi connectivity index (χ2v) is 6.74. The minimum atomic E-state index is 0.348. The highest BCUT2D eigenvalue weighted by Crippen LogP contribution is 2.51. The summed E-state index contributed by atoms with van der Waals surface area (Å²) in [5.41, 5.74) is 5.50. The van der Waals surface area contributed by atoms with E-state index in [0.29, 0.717) is 18.1 Å². The third-order valence-electron chi connectivity index (χ3n) is 5.51. The molecule has 2 aliphatic heterocycles. The molecule has 0 radical (unpaired) electrons. The minimum Gasteiger partial charge on any atom is -0.433 e. The van der Waals surface area contributed by atoms with Crippen LogP contribution in [0.15, 0.2) is 48.5 Å². The lowest BCUT2D eigenvalue weighted by Crippen LogP contribution is -2.34. The lowest BCUT2D eigenvalue weighted by Gasteiger charge is -2.24. The molecule has 0 spiro atoms. The molecule has 5 rings (SSSR count). The summed E-state index contributed by atoms with van der Waals surface area (Å²) in [6, 6.07) is 17.9. The molecule has 110 valence electrons. The van der Waals surface area contributed by atoms with Gasteiger partial charge in [-0.05, 0) is 38.3 Å². The Morgan fingerprint density at radius 2 is 1.86 bits per heavy atom. The largest absolute Gasteiger partial charge is 0.433 e. The third kappa shape index (κ3) is 1.53. The quantitative estimate of drug-likeness (QED) is 0.719. The SMILES string of the molecule is Cc1cccc2c1[N+]1=C(c3ccccc3)OC3CCCC2C31. The summed E-state index contributed by atoms with van der Waals surface area (Å²) in [6.45, 7) is 2.23. The van der Waals surface area contributed by atoms with Crippen molar-refractivity contribution in [3.05, 3.63) is 65.2 Å². The molecule has 2 heteroatoms. The van der Waals surface area contributed by atoms with Crippen molar-refractivity contribution in [1.82, 2.24) is 0 Å². The number of para-hydroxylation sites is 1. The number of ether oxygens (including phenoxy) is 1. The first-order valence-electron chi connectivity index (χ1n) is 8.32. The van der Waals surface area contributed by atoms with Crippen LogP contribution in [0, 0.1) is 6.92 Å². The highest BCUT2D eigenvalue weighted by Gasteiger charge is 2.58. The van der Waals surface area contributed by atoms with Gasteiger partial charge in [0.25, 0.3) is 0 Å². The molecule has 1 fully saturated rings. The first-order valence-corrected chi connectivity index (χ1v) is 8.32. The topological polar surface area (TPSA) is 12.2 Å².